The molecule has 0 bridgehead atoms. The third-order valence-corrected chi connectivity index (χ3v) is 5.16. The summed E-state index contributed by atoms with van der Waals surface area (Å²) < 4.78 is 46.5. The standard InChI is InChI=1S/C13H18O5S2/c1-9(2)12(14)7-10-5-6-11(19(3,15)16)8-13(10)20(4,17)18/h5-6,8-9H,7H2,1-4H3. The molecule has 0 spiro atoms. The minimum absolute atomic E-state index is 0.0237. The van der Waals surface area contributed by atoms with Gasteiger partial charge in [-0.25, -0.2) is 16.8 Å². The molecule has 20 heavy (non-hydrogen) atoms. The summed E-state index contributed by atoms with van der Waals surface area (Å²) in [6.45, 7) is 3.46. The van der Waals surface area contributed by atoms with Gasteiger partial charge in [-0.2, -0.15) is 0 Å². The second-order valence-electron chi connectivity index (χ2n) is 5.11. The van der Waals surface area contributed by atoms with E-state index in [0.29, 0.717) is 5.56 Å². The van der Waals surface area contributed by atoms with Gasteiger partial charge in [0.2, 0.25) is 0 Å². The lowest BCUT2D eigenvalue weighted by Crippen LogP contribution is -2.14. The fourth-order valence-electron chi connectivity index (χ4n) is 1.65. The fourth-order valence-corrected chi connectivity index (χ4v) is 3.33. The highest BCUT2D eigenvalue weighted by Crippen LogP contribution is 2.22. The van der Waals surface area contributed by atoms with Crippen LogP contribution in [0, 0.1) is 5.92 Å². The molecule has 0 aliphatic carbocycles. The van der Waals surface area contributed by atoms with Gasteiger partial charge in [0, 0.05) is 24.9 Å². The summed E-state index contributed by atoms with van der Waals surface area (Å²) in [5.74, 6) is -0.306. The van der Waals surface area contributed by atoms with E-state index in [-0.39, 0.29) is 27.9 Å². The van der Waals surface area contributed by atoms with Crippen LogP contribution in [0.25, 0.3) is 0 Å². The molecule has 0 aromatic heterocycles. The van der Waals surface area contributed by atoms with E-state index in [0.717, 1.165) is 18.6 Å². The molecule has 0 amide bonds. The second kappa shape index (κ2) is 5.65. The third-order valence-electron chi connectivity index (χ3n) is 2.87. The van der Waals surface area contributed by atoms with E-state index in [4.69, 9.17) is 0 Å². The lowest BCUT2D eigenvalue weighted by Gasteiger charge is -2.10. The number of sulfone groups is 2. The van der Waals surface area contributed by atoms with Crippen LogP contribution in [0.2, 0.25) is 0 Å². The maximum absolute atomic E-state index is 11.8. The first-order valence-corrected chi connectivity index (χ1v) is 9.77. The molecule has 7 heteroatoms. The van der Waals surface area contributed by atoms with Crippen LogP contribution in [0.1, 0.15) is 19.4 Å². The molecular formula is C13H18O5S2. The van der Waals surface area contributed by atoms with Gasteiger partial charge < -0.3 is 0 Å². The van der Waals surface area contributed by atoms with Gasteiger partial charge in [0.15, 0.2) is 19.7 Å². The number of hydrogen-bond donors (Lipinski definition) is 0. The van der Waals surface area contributed by atoms with E-state index in [1.165, 1.54) is 12.1 Å². The summed E-state index contributed by atoms with van der Waals surface area (Å²) in [6, 6.07) is 3.84. The van der Waals surface area contributed by atoms with Gasteiger partial charge in [-0.15, -0.1) is 0 Å². The zero-order chi connectivity index (χ0) is 15.7. The van der Waals surface area contributed by atoms with Crippen LogP contribution < -0.4 is 0 Å². The molecule has 0 aliphatic heterocycles. The molecule has 0 fully saturated rings. The average molecular weight is 318 g/mol. The summed E-state index contributed by atoms with van der Waals surface area (Å²) in [5, 5.41) is 0. The van der Waals surface area contributed by atoms with Crippen molar-refractivity contribution in [3.8, 4) is 0 Å². The normalized spacial score (nSPS) is 12.7. The van der Waals surface area contributed by atoms with Gasteiger partial charge in [0.1, 0.15) is 5.78 Å². The molecule has 112 valence electrons. The van der Waals surface area contributed by atoms with Crippen molar-refractivity contribution in [2.75, 3.05) is 12.5 Å². The molecule has 0 saturated heterocycles. The molecule has 0 unspecified atom stereocenters. The first-order chi connectivity index (χ1) is 8.93. The van der Waals surface area contributed by atoms with Gasteiger partial charge in [0.25, 0.3) is 0 Å². The van der Waals surface area contributed by atoms with Crippen molar-refractivity contribution in [2.45, 2.75) is 30.1 Å². The molecule has 1 aromatic rings. The van der Waals surface area contributed by atoms with Crippen LogP contribution in [-0.4, -0.2) is 35.1 Å². The smallest absolute Gasteiger partial charge is 0.175 e. The SMILES string of the molecule is CC(C)C(=O)Cc1ccc(S(C)(=O)=O)cc1S(C)(=O)=O. The molecule has 0 atom stereocenters. The van der Waals surface area contributed by atoms with E-state index in [9.17, 15) is 21.6 Å². The first-order valence-electron chi connectivity index (χ1n) is 5.98. The molecular weight excluding hydrogens is 300 g/mol. The van der Waals surface area contributed by atoms with Crippen LogP contribution in [0.15, 0.2) is 28.0 Å². The van der Waals surface area contributed by atoms with E-state index in [1.54, 1.807) is 13.8 Å². The maximum atomic E-state index is 11.8. The van der Waals surface area contributed by atoms with Crippen molar-refractivity contribution < 1.29 is 21.6 Å². The zero-order valence-electron chi connectivity index (χ0n) is 11.9. The van der Waals surface area contributed by atoms with Crippen LogP contribution >= 0.6 is 0 Å². The minimum Gasteiger partial charge on any atom is -0.299 e. The predicted octanol–water partition coefficient (Wildman–Crippen LogP) is 1.26. The molecule has 1 rings (SSSR count). The Bertz CT molecular complexity index is 728. The largest absolute Gasteiger partial charge is 0.299 e. The van der Waals surface area contributed by atoms with Crippen molar-refractivity contribution in [2.24, 2.45) is 5.92 Å². The first kappa shape index (κ1) is 16.8. The molecule has 0 aliphatic rings. The summed E-state index contributed by atoms with van der Waals surface area (Å²) >= 11 is 0. The molecule has 1 aromatic carbocycles. The third kappa shape index (κ3) is 4.14. The average Bonchev–Trinajstić information content (AvgIpc) is 2.26. The van der Waals surface area contributed by atoms with E-state index >= 15 is 0 Å². The summed E-state index contributed by atoms with van der Waals surface area (Å²) in [5.41, 5.74) is 0.332. The molecule has 0 N–H and O–H groups in total. The van der Waals surface area contributed by atoms with Crippen molar-refractivity contribution >= 4 is 25.5 Å². The summed E-state index contributed by atoms with van der Waals surface area (Å²) in [7, 11) is -7.10. The van der Waals surface area contributed by atoms with Crippen molar-refractivity contribution in [1.29, 1.82) is 0 Å². The monoisotopic (exact) mass is 318 g/mol. The number of carbonyl (C=O) groups is 1. The lowest BCUT2D eigenvalue weighted by atomic mass is 10.0. The number of carbonyl (C=O) groups excluding carboxylic acids is 1. The van der Waals surface area contributed by atoms with Gasteiger partial charge >= 0.3 is 0 Å². The Morgan fingerprint density at radius 2 is 1.60 bits per heavy atom. The molecule has 0 heterocycles. The van der Waals surface area contributed by atoms with E-state index < -0.39 is 19.7 Å². The Morgan fingerprint density at radius 1 is 1.05 bits per heavy atom. The Morgan fingerprint density at radius 3 is 2.00 bits per heavy atom. The summed E-state index contributed by atoms with van der Waals surface area (Å²) in [4.78, 5) is 11.6. The number of benzene rings is 1. The maximum Gasteiger partial charge on any atom is 0.175 e. The molecule has 0 radical (unpaired) electrons. The number of rotatable bonds is 5. The van der Waals surface area contributed by atoms with Gasteiger partial charge in [-0.3, -0.25) is 4.79 Å². The van der Waals surface area contributed by atoms with Crippen LogP contribution in [0.4, 0.5) is 0 Å². The number of hydrogen-bond acceptors (Lipinski definition) is 5. The van der Waals surface area contributed by atoms with Crippen LogP contribution in [0.3, 0.4) is 0 Å². The molecule has 5 nitrogen and oxygen atoms in total. The highest BCUT2D eigenvalue weighted by atomic mass is 32.2. The van der Waals surface area contributed by atoms with Crippen LogP contribution in [-0.2, 0) is 30.9 Å². The highest BCUT2D eigenvalue weighted by Gasteiger charge is 2.20. The number of Topliss-reactive ketones (excluding diaryl/α,β-unsaturated/α-hetero) is 1. The Labute approximate surface area is 119 Å². The number of ketones is 1. The van der Waals surface area contributed by atoms with Gasteiger partial charge in [-0.05, 0) is 17.7 Å². The van der Waals surface area contributed by atoms with Crippen molar-refractivity contribution in [1.82, 2.24) is 0 Å². The van der Waals surface area contributed by atoms with Crippen molar-refractivity contribution in [3.05, 3.63) is 23.8 Å². The Kier molecular flexibility index (Phi) is 4.76. The Balaban J connectivity index is 3.44. The predicted molar refractivity (Wildman–Crippen MR) is 76.2 cm³/mol. The minimum atomic E-state index is -3.60. The van der Waals surface area contributed by atoms with Gasteiger partial charge in [0.05, 0.1) is 9.79 Å². The van der Waals surface area contributed by atoms with Crippen LogP contribution in [0.5, 0.6) is 0 Å². The Hall–Kier alpha value is -1.21. The van der Waals surface area contributed by atoms with E-state index in [1.807, 2.05) is 0 Å². The molecule has 0 saturated carbocycles. The topological polar surface area (TPSA) is 85.3 Å². The van der Waals surface area contributed by atoms with Gasteiger partial charge in [-0.1, -0.05) is 19.9 Å². The highest BCUT2D eigenvalue weighted by molar-refractivity contribution is 7.91. The van der Waals surface area contributed by atoms with Crippen molar-refractivity contribution in [3.63, 3.8) is 0 Å². The lowest BCUT2D eigenvalue weighted by molar-refractivity contribution is -0.121. The summed E-state index contributed by atoms with van der Waals surface area (Å²) in [6.07, 6.45) is 1.98. The quantitative estimate of drug-likeness (QED) is 0.816. The van der Waals surface area contributed by atoms with E-state index in [2.05, 4.69) is 0 Å². The zero-order valence-corrected chi connectivity index (χ0v) is 13.5. The fraction of sp³-hybridized carbons (Fsp3) is 0.462. The second-order valence-corrected chi connectivity index (χ2v) is 9.11.